The third-order valence-electron chi connectivity index (χ3n) is 5.46. The van der Waals surface area contributed by atoms with Crippen LogP contribution in [-0.2, 0) is 33.9 Å². The molecule has 1 unspecified atom stereocenters. The second kappa shape index (κ2) is 16.4. The second-order valence-corrected chi connectivity index (χ2v) is 9.05. The van der Waals surface area contributed by atoms with Gasteiger partial charge in [0.1, 0.15) is 13.6 Å². The number of rotatable bonds is 16. The van der Waals surface area contributed by atoms with Gasteiger partial charge >= 0.3 is 16.5 Å². The van der Waals surface area contributed by atoms with Gasteiger partial charge in [-0.1, -0.05) is 97.1 Å². The number of benzene rings is 1. The van der Waals surface area contributed by atoms with Gasteiger partial charge in [-0.05, 0) is 42.4 Å². The summed E-state index contributed by atoms with van der Waals surface area (Å²) in [6, 6.07) is 5.62. The van der Waals surface area contributed by atoms with E-state index in [0.29, 0.717) is 5.92 Å². The van der Waals surface area contributed by atoms with Gasteiger partial charge in [0.05, 0.1) is 0 Å². The summed E-state index contributed by atoms with van der Waals surface area (Å²) in [7, 11) is -5.04. The van der Waals surface area contributed by atoms with Gasteiger partial charge in [-0.15, -0.1) is 0 Å². The fourth-order valence-electron chi connectivity index (χ4n) is 3.70. The number of unbranched alkanes of at least 4 members (excludes halogenated alkanes) is 7. The SMILES string of the molecule is CCCCCCCCCc1ccc(OP(=O)([O-])[O-])c(CC(CC)CCCC)c1.[Ni+2]. The average Bonchev–Trinajstić information content (AvgIpc) is 2.65. The molecule has 0 amide bonds. The Labute approximate surface area is 188 Å². The van der Waals surface area contributed by atoms with Crippen LogP contribution in [0.15, 0.2) is 18.2 Å². The van der Waals surface area contributed by atoms with Gasteiger partial charge in [0, 0.05) is 0 Å². The molecular weight excluding hydrogens is 430 g/mol. The summed E-state index contributed by atoms with van der Waals surface area (Å²) in [6.07, 6.45) is 15.1. The van der Waals surface area contributed by atoms with E-state index in [2.05, 4.69) is 26.8 Å². The van der Waals surface area contributed by atoms with Crippen molar-refractivity contribution in [1.29, 1.82) is 0 Å². The Bertz CT molecular complexity index is 588. The molecule has 170 valence electrons. The van der Waals surface area contributed by atoms with Crippen LogP contribution in [0.25, 0.3) is 0 Å². The van der Waals surface area contributed by atoms with Gasteiger partial charge < -0.3 is 18.9 Å². The minimum atomic E-state index is -5.04. The molecule has 0 heterocycles. The van der Waals surface area contributed by atoms with Gasteiger partial charge in [-0.2, -0.15) is 0 Å². The Morgan fingerprint density at radius 2 is 1.55 bits per heavy atom. The van der Waals surface area contributed by atoms with Gasteiger partial charge in [0.25, 0.3) is 0 Å². The maximum Gasteiger partial charge on any atom is 2.00 e. The minimum absolute atomic E-state index is 0. The summed E-state index contributed by atoms with van der Waals surface area (Å²) in [6.45, 7) is 6.57. The van der Waals surface area contributed by atoms with Crippen LogP contribution in [0.3, 0.4) is 0 Å². The molecule has 0 saturated heterocycles. The summed E-state index contributed by atoms with van der Waals surface area (Å²) in [5, 5.41) is 0. The zero-order valence-corrected chi connectivity index (χ0v) is 20.3. The zero-order chi connectivity index (χ0) is 20.8. The fraction of sp³-hybridized carbons (Fsp3) is 0.739. The molecule has 1 aromatic rings. The molecule has 0 spiro atoms. The molecule has 1 rings (SSSR count). The third kappa shape index (κ3) is 13.6. The van der Waals surface area contributed by atoms with Crippen LogP contribution >= 0.6 is 7.82 Å². The summed E-state index contributed by atoms with van der Waals surface area (Å²) in [5.74, 6) is 0.695. The van der Waals surface area contributed by atoms with Crippen LogP contribution in [0.1, 0.15) is 103 Å². The van der Waals surface area contributed by atoms with Crippen molar-refractivity contribution in [2.24, 2.45) is 5.92 Å². The molecule has 0 aromatic heterocycles. The van der Waals surface area contributed by atoms with Crippen LogP contribution in [0.4, 0.5) is 0 Å². The molecule has 0 aliphatic heterocycles. The van der Waals surface area contributed by atoms with Crippen LogP contribution in [-0.4, -0.2) is 0 Å². The van der Waals surface area contributed by atoms with Gasteiger partial charge in [-0.25, -0.2) is 0 Å². The van der Waals surface area contributed by atoms with Gasteiger partial charge in [0.15, 0.2) is 0 Å². The van der Waals surface area contributed by atoms with Crippen molar-refractivity contribution < 1.29 is 35.4 Å². The maximum atomic E-state index is 11.1. The Kier molecular flexibility index (Phi) is 16.2. The quantitative estimate of drug-likeness (QED) is 0.171. The van der Waals surface area contributed by atoms with Crippen molar-refractivity contribution in [2.75, 3.05) is 0 Å². The summed E-state index contributed by atoms with van der Waals surface area (Å²) < 4.78 is 15.9. The molecule has 0 N–H and O–H groups in total. The maximum absolute atomic E-state index is 11.1. The molecule has 0 bridgehead atoms. The Morgan fingerprint density at radius 1 is 0.931 bits per heavy atom. The molecule has 0 aliphatic rings. The molecule has 0 radical (unpaired) electrons. The van der Waals surface area contributed by atoms with Gasteiger partial charge in [-0.3, -0.25) is 0 Å². The molecule has 0 saturated carbocycles. The number of hydrogen-bond donors (Lipinski definition) is 0. The number of phosphoric ester groups is 1. The molecule has 4 nitrogen and oxygen atoms in total. The second-order valence-electron chi connectivity index (χ2n) is 7.97. The van der Waals surface area contributed by atoms with E-state index in [1.807, 2.05) is 6.07 Å². The van der Waals surface area contributed by atoms with Crippen molar-refractivity contribution >= 4 is 7.82 Å². The summed E-state index contributed by atoms with van der Waals surface area (Å²) in [5.41, 5.74) is 2.06. The first-order chi connectivity index (χ1) is 13.4. The van der Waals surface area contributed by atoms with Crippen molar-refractivity contribution in [1.82, 2.24) is 0 Å². The smallest absolute Gasteiger partial charge is 0.780 e. The van der Waals surface area contributed by atoms with Crippen LogP contribution in [0, 0.1) is 5.92 Å². The average molecular weight is 469 g/mol. The Morgan fingerprint density at radius 3 is 2.14 bits per heavy atom. The van der Waals surface area contributed by atoms with Crippen LogP contribution < -0.4 is 14.3 Å². The van der Waals surface area contributed by atoms with E-state index in [-0.39, 0.29) is 22.2 Å². The van der Waals surface area contributed by atoms with Crippen molar-refractivity contribution in [2.45, 2.75) is 104 Å². The van der Waals surface area contributed by atoms with Crippen molar-refractivity contribution in [3.63, 3.8) is 0 Å². The largest absolute Gasteiger partial charge is 2.00 e. The number of hydrogen-bond acceptors (Lipinski definition) is 4. The molecular formula is C23H39NiO4P. The van der Waals surface area contributed by atoms with E-state index in [4.69, 9.17) is 4.52 Å². The van der Waals surface area contributed by atoms with Crippen molar-refractivity contribution in [3.05, 3.63) is 29.3 Å². The summed E-state index contributed by atoms with van der Waals surface area (Å²) in [4.78, 5) is 22.3. The first-order valence-electron chi connectivity index (χ1n) is 11.2. The van der Waals surface area contributed by atoms with Crippen LogP contribution in [0.2, 0.25) is 0 Å². The van der Waals surface area contributed by atoms with E-state index in [1.54, 1.807) is 6.07 Å². The van der Waals surface area contributed by atoms with Gasteiger partial charge in [0.2, 0.25) is 0 Å². The van der Waals surface area contributed by atoms with E-state index < -0.39 is 7.82 Å². The number of aryl methyl sites for hydroxylation is 1. The molecule has 0 aliphatic carbocycles. The fourth-order valence-corrected chi connectivity index (χ4v) is 4.12. The van der Waals surface area contributed by atoms with Crippen molar-refractivity contribution in [3.8, 4) is 5.75 Å². The first kappa shape index (κ1) is 28.7. The normalized spacial score (nSPS) is 12.4. The zero-order valence-electron chi connectivity index (χ0n) is 18.4. The monoisotopic (exact) mass is 468 g/mol. The molecule has 1 atom stereocenters. The Balaban J connectivity index is 0.00000784. The molecule has 0 fully saturated rings. The first-order valence-corrected chi connectivity index (χ1v) is 12.7. The minimum Gasteiger partial charge on any atom is -0.780 e. The predicted molar refractivity (Wildman–Crippen MR) is 113 cm³/mol. The standard InChI is InChI=1S/C23H41O4P.Ni/c1-4-7-9-10-11-12-13-15-21-16-17-23(27-28(24,25)26)22(19-21)18-20(6-3)14-8-5-2;/h16-17,19-20H,4-15,18H2,1-3H3,(H2,24,25,26);/q;+2/p-2. The third-order valence-corrected chi connectivity index (χ3v) is 5.88. The number of phosphoric acid groups is 1. The van der Waals surface area contributed by atoms with E-state index in [0.717, 1.165) is 50.5 Å². The topological polar surface area (TPSA) is 72.4 Å². The van der Waals surface area contributed by atoms with E-state index >= 15 is 0 Å². The Hall–Kier alpha value is -0.336. The summed E-state index contributed by atoms with van der Waals surface area (Å²) >= 11 is 0. The predicted octanol–water partition coefficient (Wildman–Crippen LogP) is 5.94. The molecule has 1 aromatic carbocycles. The van der Waals surface area contributed by atoms with Crippen LogP contribution in [0.5, 0.6) is 5.75 Å². The van der Waals surface area contributed by atoms with E-state index in [1.165, 1.54) is 44.1 Å². The molecule has 29 heavy (non-hydrogen) atoms. The van der Waals surface area contributed by atoms with E-state index in [9.17, 15) is 14.4 Å². The molecule has 6 heteroatoms.